The Morgan fingerprint density at radius 3 is 2.38 bits per heavy atom. The van der Waals surface area contributed by atoms with Crippen molar-refractivity contribution in [3.8, 4) is 0 Å². The van der Waals surface area contributed by atoms with Crippen molar-refractivity contribution < 1.29 is 5.11 Å². The van der Waals surface area contributed by atoms with Crippen LogP contribution in [0.2, 0.25) is 0 Å². The summed E-state index contributed by atoms with van der Waals surface area (Å²) in [4.78, 5) is 0. The van der Waals surface area contributed by atoms with Crippen molar-refractivity contribution in [2.75, 3.05) is 6.54 Å². The summed E-state index contributed by atoms with van der Waals surface area (Å²) in [7, 11) is 0. The molecule has 2 nitrogen and oxygen atoms in total. The number of hydrogen-bond acceptors (Lipinski definition) is 2. The minimum atomic E-state index is -0.158. The Morgan fingerprint density at radius 1 is 1.15 bits per heavy atom. The van der Waals surface area contributed by atoms with E-state index in [2.05, 4.69) is 26.1 Å². The summed E-state index contributed by atoms with van der Waals surface area (Å²) in [5.74, 6) is 0. The first-order valence-corrected chi connectivity index (χ1v) is 5.62. The molecule has 2 N–H and O–H groups in total. The standard InChI is InChI=1S/C11H25NO/c1-4-6-8-10(3)12-9-11(13)7-5-2/h10-13H,4-9H2,1-3H3. The van der Waals surface area contributed by atoms with Crippen LogP contribution in [0.3, 0.4) is 0 Å². The van der Waals surface area contributed by atoms with Gasteiger partial charge in [0.1, 0.15) is 0 Å². The Kier molecular flexibility index (Phi) is 8.46. The van der Waals surface area contributed by atoms with Crippen LogP contribution in [0.5, 0.6) is 0 Å². The Labute approximate surface area is 82.7 Å². The molecule has 0 aliphatic heterocycles. The normalized spacial score (nSPS) is 15.7. The summed E-state index contributed by atoms with van der Waals surface area (Å²) in [5.41, 5.74) is 0. The monoisotopic (exact) mass is 187 g/mol. The minimum absolute atomic E-state index is 0.158. The average molecular weight is 187 g/mol. The molecule has 0 aromatic carbocycles. The molecule has 0 aliphatic carbocycles. The molecule has 0 rings (SSSR count). The fraction of sp³-hybridized carbons (Fsp3) is 1.00. The lowest BCUT2D eigenvalue weighted by atomic mass is 10.1. The fourth-order valence-electron chi connectivity index (χ4n) is 1.38. The van der Waals surface area contributed by atoms with Crippen molar-refractivity contribution in [1.29, 1.82) is 0 Å². The second-order valence-corrected chi connectivity index (χ2v) is 3.89. The van der Waals surface area contributed by atoms with Gasteiger partial charge in [-0.05, 0) is 19.8 Å². The van der Waals surface area contributed by atoms with E-state index >= 15 is 0 Å². The van der Waals surface area contributed by atoms with Crippen LogP contribution in [-0.2, 0) is 0 Å². The SMILES string of the molecule is CCCCC(C)NCC(O)CCC. The van der Waals surface area contributed by atoms with Gasteiger partial charge in [0.25, 0.3) is 0 Å². The van der Waals surface area contributed by atoms with E-state index in [1.54, 1.807) is 0 Å². The summed E-state index contributed by atoms with van der Waals surface area (Å²) in [5, 5.41) is 12.8. The Hall–Kier alpha value is -0.0800. The van der Waals surface area contributed by atoms with Gasteiger partial charge in [0.05, 0.1) is 6.10 Å². The minimum Gasteiger partial charge on any atom is -0.392 e. The predicted octanol–water partition coefficient (Wildman–Crippen LogP) is 2.32. The zero-order valence-electron chi connectivity index (χ0n) is 9.34. The molecule has 0 bridgehead atoms. The third-order valence-corrected chi connectivity index (χ3v) is 2.31. The molecule has 0 aliphatic rings. The third-order valence-electron chi connectivity index (χ3n) is 2.31. The van der Waals surface area contributed by atoms with E-state index in [-0.39, 0.29) is 6.10 Å². The summed E-state index contributed by atoms with van der Waals surface area (Å²) in [6.45, 7) is 7.25. The quantitative estimate of drug-likeness (QED) is 0.611. The molecule has 0 spiro atoms. The number of aliphatic hydroxyl groups excluding tert-OH is 1. The maximum Gasteiger partial charge on any atom is 0.0664 e. The van der Waals surface area contributed by atoms with Gasteiger partial charge in [0.2, 0.25) is 0 Å². The van der Waals surface area contributed by atoms with E-state index in [1.807, 2.05) is 0 Å². The summed E-state index contributed by atoms with van der Waals surface area (Å²) in [6.07, 6.45) is 5.56. The highest BCUT2D eigenvalue weighted by Gasteiger charge is 2.05. The number of rotatable bonds is 8. The number of unbranched alkanes of at least 4 members (excludes halogenated alkanes) is 1. The second-order valence-electron chi connectivity index (χ2n) is 3.89. The highest BCUT2D eigenvalue weighted by atomic mass is 16.3. The maximum absolute atomic E-state index is 9.46. The predicted molar refractivity (Wildman–Crippen MR) is 57.9 cm³/mol. The van der Waals surface area contributed by atoms with Crippen molar-refractivity contribution >= 4 is 0 Å². The first-order valence-electron chi connectivity index (χ1n) is 5.62. The molecule has 0 amide bonds. The van der Waals surface area contributed by atoms with Crippen LogP contribution in [0.1, 0.15) is 52.9 Å². The van der Waals surface area contributed by atoms with Crippen LogP contribution in [0.15, 0.2) is 0 Å². The van der Waals surface area contributed by atoms with Gasteiger partial charge >= 0.3 is 0 Å². The van der Waals surface area contributed by atoms with Gasteiger partial charge in [-0.2, -0.15) is 0 Å². The zero-order chi connectivity index (χ0) is 10.1. The van der Waals surface area contributed by atoms with Gasteiger partial charge in [-0.1, -0.05) is 33.1 Å². The molecule has 0 saturated heterocycles. The molecule has 2 unspecified atom stereocenters. The number of hydrogen-bond donors (Lipinski definition) is 2. The molecule has 0 aromatic heterocycles. The third kappa shape index (κ3) is 8.26. The smallest absolute Gasteiger partial charge is 0.0664 e. The Morgan fingerprint density at radius 2 is 1.85 bits per heavy atom. The molecule has 0 heterocycles. The Bertz CT molecular complexity index is 106. The molecule has 0 saturated carbocycles. The zero-order valence-corrected chi connectivity index (χ0v) is 9.34. The van der Waals surface area contributed by atoms with Gasteiger partial charge in [0.15, 0.2) is 0 Å². The summed E-state index contributed by atoms with van der Waals surface area (Å²) in [6, 6.07) is 0.548. The number of aliphatic hydroxyl groups is 1. The lowest BCUT2D eigenvalue weighted by molar-refractivity contribution is 0.156. The van der Waals surface area contributed by atoms with Crippen molar-refractivity contribution in [1.82, 2.24) is 5.32 Å². The van der Waals surface area contributed by atoms with Crippen LogP contribution in [-0.4, -0.2) is 23.8 Å². The van der Waals surface area contributed by atoms with Gasteiger partial charge in [-0.25, -0.2) is 0 Å². The summed E-state index contributed by atoms with van der Waals surface area (Å²) < 4.78 is 0. The van der Waals surface area contributed by atoms with E-state index in [1.165, 1.54) is 19.3 Å². The highest BCUT2D eigenvalue weighted by molar-refractivity contribution is 4.64. The fourth-order valence-corrected chi connectivity index (χ4v) is 1.38. The Balaban J connectivity index is 3.29. The van der Waals surface area contributed by atoms with Crippen molar-refractivity contribution in [2.24, 2.45) is 0 Å². The van der Waals surface area contributed by atoms with Gasteiger partial charge in [-0.3, -0.25) is 0 Å². The molecular formula is C11H25NO. The lowest BCUT2D eigenvalue weighted by Gasteiger charge is -2.16. The van der Waals surface area contributed by atoms with Crippen LogP contribution in [0.4, 0.5) is 0 Å². The number of nitrogens with one attached hydrogen (secondary N) is 1. The molecular weight excluding hydrogens is 162 g/mol. The second kappa shape index (κ2) is 8.52. The van der Waals surface area contributed by atoms with E-state index < -0.39 is 0 Å². The van der Waals surface area contributed by atoms with Crippen molar-refractivity contribution in [2.45, 2.75) is 65.0 Å². The molecule has 80 valence electrons. The van der Waals surface area contributed by atoms with Gasteiger partial charge < -0.3 is 10.4 Å². The van der Waals surface area contributed by atoms with E-state index in [0.29, 0.717) is 6.04 Å². The maximum atomic E-state index is 9.46. The molecule has 0 aromatic rings. The average Bonchev–Trinajstić information content (AvgIpc) is 2.12. The van der Waals surface area contributed by atoms with Crippen LogP contribution >= 0.6 is 0 Å². The first-order chi connectivity index (χ1) is 6.20. The van der Waals surface area contributed by atoms with Gasteiger partial charge in [0, 0.05) is 12.6 Å². The van der Waals surface area contributed by atoms with Gasteiger partial charge in [-0.15, -0.1) is 0 Å². The lowest BCUT2D eigenvalue weighted by Crippen LogP contribution is -2.33. The molecule has 2 atom stereocenters. The van der Waals surface area contributed by atoms with E-state index in [4.69, 9.17) is 0 Å². The summed E-state index contributed by atoms with van der Waals surface area (Å²) >= 11 is 0. The van der Waals surface area contributed by atoms with E-state index in [9.17, 15) is 5.11 Å². The van der Waals surface area contributed by atoms with Crippen LogP contribution in [0, 0.1) is 0 Å². The molecule has 13 heavy (non-hydrogen) atoms. The van der Waals surface area contributed by atoms with Crippen LogP contribution in [0.25, 0.3) is 0 Å². The van der Waals surface area contributed by atoms with Crippen molar-refractivity contribution in [3.05, 3.63) is 0 Å². The van der Waals surface area contributed by atoms with Crippen molar-refractivity contribution in [3.63, 3.8) is 0 Å². The molecule has 2 heteroatoms. The highest BCUT2D eigenvalue weighted by Crippen LogP contribution is 2.00. The topological polar surface area (TPSA) is 32.3 Å². The first kappa shape index (κ1) is 12.9. The molecule has 0 fully saturated rings. The largest absolute Gasteiger partial charge is 0.392 e. The molecule has 0 radical (unpaired) electrons. The van der Waals surface area contributed by atoms with E-state index in [0.717, 1.165) is 19.4 Å². The van der Waals surface area contributed by atoms with Crippen LogP contribution < -0.4 is 5.32 Å².